The first-order valence-electron chi connectivity index (χ1n) is 5.45. The van der Waals surface area contributed by atoms with E-state index >= 15 is 0 Å². The molecule has 3 unspecified atom stereocenters. The fourth-order valence-corrected chi connectivity index (χ4v) is 2.56. The molecule has 0 spiro atoms. The lowest BCUT2D eigenvalue weighted by atomic mass is 9.70. The minimum Gasteiger partial charge on any atom is -0.0998 e. The molecule has 0 aliphatic heterocycles. The highest BCUT2D eigenvalue weighted by Gasteiger charge is 2.28. The molecule has 0 aromatic rings. The maximum absolute atomic E-state index is 4.11. The van der Waals surface area contributed by atoms with Gasteiger partial charge in [-0.15, -0.1) is 0 Å². The molecule has 0 heterocycles. The van der Waals surface area contributed by atoms with Gasteiger partial charge in [-0.1, -0.05) is 44.1 Å². The van der Waals surface area contributed by atoms with Crippen LogP contribution in [0, 0.1) is 17.8 Å². The summed E-state index contributed by atoms with van der Waals surface area (Å²) in [6.07, 6.45) is 8.69. The van der Waals surface area contributed by atoms with E-state index in [2.05, 4.69) is 39.5 Å². The van der Waals surface area contributed by atoms with Crippen LogP contribution in [-0.2, 0) is 0 Å². The van der Waals surface area contributed by atoms with Crippen molar-refractivity contribution in [2.45, 2.75) is 40.0 Å². The molecule has 3 atom stereocenters. The summed E-state index contributed by atoms with van der Waals surface area (Å²) in [5, 5.41) is 0. The van der Waals surface area contributed by atoms with Crippen molar-refractivity contribution < 1.29 is 0 Å². The molecule has 0 saturated heterocycles. The maximum atomic E-state index is 4.11. The fourth-order valence-electron chi connectivity index (χ4n) is 2.56. The van der Waals surface area contributed by atoms with E-state index in [9.17, 15) is 0 Å². The Morgan fingerprint density at radius 2 is 2.08 bits per heavy atom. The largest absolute Gasteiger partial charge is 0.0998 e. The van der Waals surface area contributed by atoms with Gasteiger partial charge in [0.25, 0.3) is 0 Å². The quantitative estimate of drug-likeness (QED) is 0.556. The predicted octanol–water partition coefficient (Wildman–Crippen LogP) is 4.19. The van der Waals surface area contributed by atoms with Crippen LogP contribution in [0.2, 0.25) is 0 Å². The summed E-state index contributed by atoms with van der Waals surface area (Å²) in [6.45, 7) is 10.8. The second-order valence-electron chi connectivity index (χ2n) is 4.46. The van der Waals surface area contributed by atoms with Crippen LogP contribution in [0.3, 0.4) is 0 Å². The van der Waals surface area contributed by atoms with Crippen molar-refractivity contribution in [2.24, 2.45) is 17.8 Å². The van der Waals surface area contributed by atoms with E-state index in [1.807, 2.05) is 0 Å². The smallest absolute Gasteiger partial charge is 0.0142 e. The van der Waals surface area contributed by atoms with Gasteiger partial charge in [-0.3, -0.25) is 0 Å². The van der Waals surface area contributed by atoms with E-state index < -0.39 is 0 Å². The zero-order chi connectivity index (χ0) is 9.84. The highest BCUT2D eigenvalue weighted by atomic mass is 14.3. The summed E-state index contributed by atoms with van der Waals surface area (Å²) < 4.78 is 0. The van der Waals surface area contributed by atoms with Gasteiger partial charge in [0.05, 0.1) is 0 Å². The number of rotatable bonds is 2. The van der Waals surface area contributed by atoms with Gasteiger partial charge in [0.1, 0.15) is 0 Å². The molecule has 0 amide bonds. The number of hydrogen-bond acceptors (Lipinski definition) is 0. The van der Waals surface area contributed by atoms with Crippen LogP contribution in [0.25, 0.3) is 0 Å². The summed E-state index contributed by atoms with van der Waals surface area (Å²) in [6, 6.07) is 0. The minimum absolute atomic E-state index is 0.736. The van der Waals surface area contributed by atoms with E-state index in [1.165, 1.54) is 24.8 Å². The lowest BCUT2D eigenvalue weighted by molar-refractivity contribution is 0.237. The predicted molar refractivity (Wildman–Crippen MR) is 59.6 cm³/mol. The van der Waals surface area contributed by atoms with Crippen LogP contribution in [0.4, 0.5) is 0 Å². The molecule has 1 aliphatic carbocycles. The first-order valence-corrected chi connectivity index (χ1v) is 5.45. The van der Waals surface area contributed by atoms with Crippen molar-refractivity contribution in [3.05, 3.63) is 24.3 Å². The standard InChI is InChI=1S/C13H22/c1-5-7-13-11(4)8-6-9-12(13)10(2)3/h5,7,11-13H,2,6,8-9H2,1,3-4H3. The second-order valence-corrected chi connectivity index (χ2v) is 4.46. The van der Waals surface area contributed by atoms with E-state index in [0.29, 0.717) is 0 Å². The molecule has 1 saturated carbocycles. The monoisotopic (exact) mass is 178 g/mol. The van der Waals surface area contributed by atoms with Crippen molar-refractivity contribution in [1.29, 1.82) is 0 Å². The summed E-state index contributed by atoms with van der Waals surface area (Å²) >= 11 is 0. The van der Waals surface area contributed by atoms with Gasteiger partial charge in [0.2, 0.25) is 0 Å². The molecule has 74 valence electrons. The number of hydrogen-bond donors (Lipinski definition) is 0. The first-order chi connectivity index (χ1) is 6.16. The van der Waals surface area contributed by atoms with E-state index in [-0.39, 0.29) is 0 Å². The Bertz CT molecular complexity index is 200. The Kier molecular flexibility index (Phi) is 3.77. The third kappa shape index (κ3) is 2.46. The van der Waals surface area contributed by atoms with Crippen molar-refractivity contribution in [1.82, 2.24) is 0 Å². The van der Waals surface area contributed by atoms with Crippen LogP contribution in [0.1, 0.15) is 40.0 Å². The van der Waals surface area contributed by atoms with Gasteiger partial charge in [0.15, 0.2) is 0 Å². The Labute approximate surface area is 82.7 Å². The Hall–Kier alpha value is -0.520. The third-order valence-corrected chi connectivity index (χ3v) is 3.34. The van der Waals surface area contributed by atoms with Gasteiger partial charge >= 0.3 is 0 Å². The highest BCUT2D eigenvalue weighted by Crippen LogP contribution is 2.38. The molecule has 0 bridgehead atoms. The molecular formula is C13H22. The maximum Gasteiger partial charge on any atom is -0.0142 e. The Balaban J connectivity index is 2.73. The molecule has 13 heavy (non-hydrogen) atoms. The minimum atomic E-state index is 0.736. The van der Waals surface area contributed by atoms with Crippen LogP contribution in [0.15, 0.2) is 24.3 Å². The molecular weight excluding hydrogens is 156 g/mol. The summed E-state index contributed by atoms with van der Waals surface area (Å²) in [7, 11) is 0. The van der Waals surface area contributed by atoms with Gasteiger partial charge in [-0.2, -0.15) is 0 Å². The van der Waals surface area contributed by atoms with Crippen LogP contribution >= 0.6 is 0 Å². The average molecular weight is 178 g/mol. The Morgan fingerprint density at radius 1 is 1.38 bits per heavy atom. The van der Waals surface area contributed by atoms with Crippen molar-refractivity contribution in [3.8, 4) is 0 Å². The van der Waals surface area contributed by atoms with Crippen molar-refractivity contribution >= 4 is 0 Å². The van der Waals surface area contributed by atoms with E-state index in [0.717, 1.165) is 17.8 Å². The molecule has 0 N–H and O–H groups in total. The van der Waals surface area contributed by atoms with Crippen molar-refractivity contribution in [3.63, 3.8) is 0 Å². The van der Waals surface area contributed by atoms with Crippen LogP contribution in [0.5, 0.6) is 0 Å². The third-order valence-electron chi connectivity index (χ3n) is 3.34. The SMILES string of the molecule is C=C(C)C1CCCC(C)C1C=CC. The highest BCUT2D eigenvalue weighted by molar-refractivity contribution is 5.07. The molecule has 1 fully saturated rings. The summed E-state index contributed by atoms with van der Waals surface area (Å²) in [5.74, 6) is 2.32. The topological polar surface area (TPSA) is 0 Å². The fraction of sp³-hybridized carbons (Fsp3) is 0.692. The van der Waals surface area contributed by atoms with Gasteiger partial charge < -0.3 is 0 Å². The molecule has 1 rings (SSSR count). The molecule has 0 heteroatoms. The zero-order valence-electron chi connectivity index (χ0n) is 9.22. The van der Waals surface area contributed by atoms with Crippen LogP contribution < -0.4 is 0 Å². The summed E-state index contributed by atoms with van der Waals surface area (Å²) in [4.78, 5) is 0. The van der Waals surface area contributed by atoms with Crippen molar-refractivity contribution in [2.75, 3.05) is 0 Å². The second kappa shape index (κ2) is 4.64. The van der Waals surface area contributed by atoms with Gasteiger partial charge in [-0.25, -0.2) is 0 Å². The molecule has 1 aliphatic rings. The molecule has 0 radical (unpaired) electrons. The number of allylic oxidation sites excluding steroid dienone is 3. The summed E-state index contributed by atoms with van der Waals surface area (Å²) in [5.41, 5.74) is 1.37. The zero-order valence-corrected chi connectivity index (χ0v) is 9.22. The first kappa shape index (κ1) is 10.6. The van der Waals surface area contributed by atoms with Gasteiger partial charge in [0, 0.05) is 0 Å². The van der Waals surface area contributed by atoms with E-state index in [4.69, 9.17) is 0 Å². The average Bonchev–Trinajstić information content (AvgIpc) is 2.08. The Morgan fingerprint density at radius 3 is 2.62 bits per heavy atom. The molecule has 0 nitrogen and oxygen atoms in total. The molecule has 0 aromatic heterocycles. The van der Waals surface area contributed by atoms with Crippen LogP contribution in [-0.4, -0.2) is 0 Å². The van der Waals surface area contributed by atoms with Gasteiger partial charge in [-0.05, 0) is 38.0 Å². The lowest BCUT2D eigenvalue weighted by Gasteiger charge is -2.35. The van der Waals surface area contributed by atoms with E-state index in [1.54, 1.807) is 0 Å². The molecule has 0 aromatic carbocycles. The lowest BCUT2D eigenvalue weighted by Crippen LogP contribution is -2.25. The normalized spacial score (nSPS) is 35.2.